The Morgan fingerprint density at radius 2 is 2.26 bits per heavy atom. The third kappa shape index (κ3) is 2.71. The van der Waals surface area contributed by atoms with E-state index in [9.17, 15) is 0 Å². The maximum atomic E-state index is 5.91. The van der Waals surface area contributed by atoms with Crippen molar-refractivity contribution in [2.75, 3.05) is 12.3 Å². The van der Waals surface area contributed by atoms with E-state index in [1.54, 1.807) is 4.88 Å². The Labute approximate surface area is 126 Å². The van der Waals surface area contributed by atoms with Crippen molar-refractivity contribution < 1.29 is 0 Å². The molecule has 1 unspecified atom stereocenters. The molecule has 4 heteroatoms. The lowest BCUT2D eigenvalue weighted by Gasteiger charge is -2.33. The Balaban J connectivity index is 1.81. The minimum atomic E-state index is 0.496. The van der Waals surface area contributed by atoms with Gasteiger partial charge in [-0.1, -0.05) is 15.9 Å². The smallest absolute Gasteiger partial charge is 0.0334 e. The van der Waals surface area contributed by atoms with E-state index in [1.807, 2.05) is 17.4 Å². The van der Waals surface area contributed by atoms with Crippen LogP contribution in [0.1, 0.15) is 29.0 Å². The van der Waals surface area contributed by atoms with Crippen molar-refractivity contribution in [3.63, 3.8) is 0 Å². The average molecular weight is 337 g/mol. The monoisotopic (exact) mass is 336 g/mol. The summed E-state index contributed by atoms with van der Waals surface area (Å²) >= 11 is 5.40. The second-order valence-electron chi connectivity index (χ2n) is 5.09. The lowest BCUT2D eigenvalue weighted by molar-refractivity contribution is 0.191. The van der Waals surface area contributed by atoms with E-state index in [2.05, 4.69) is 51.3 Å². The van der Waals surface area contributed by atoms with E-state index in [0.717, 1.165) is 23.2 Å². The van der Waals surface area contributed by atoms with Gasteiger partial charge in [-0.2, -0.15) is 0 Å². The Kier molecular flexibility index (Phi) is 3.65. The largest absolute Gasteiger partial charge is 0.399 e. The molecule has 2 nitrogen and oxygen atoms in total. The minimum Gasteiger partial charge on any atom is -0.399 e. The fourth-order valence-electron chi connectivity index (χ4n) is 2.78. The van der Waals surface area contributed by atoms with Crippen LogP contribution in [0, 0.1) is 0 Å². The molecule has 1 atom stereocenters. The predicted molar refractivity (Wildman–Crippen MR) is 85.4 cm³/mol. The summed E-state index contributed by atoms with van der Waals surface area (Å²) in [6, 6.07) is 8.94. The van der Waals surface area contributed by atoms with E-state index in [-0.39, 0.29) is 0 Å². The van der Waals surface area contributed by atoms with Crippen molar-refractivity contribution in [3.05, 3.63) is 50.1 Å². The van der Waals surface area contributed by atoms with Gasteiger partial charge in [-0.15, -0.1) is 11.3 Å². The van der Waals surface area contributed by atoms with Crippen molar-refractivity contribution in [2.45, 2.75) is 25.9 Å². The van der Waals surface area contributed by atoms with E-state index in [4.69, 9.17) is 5.73 Å². The molecule has 0 spiro atoms. The molecule has 0 saturated heterocycles. The number of halogens is 1. The molecule has 0 saturated carbocycles. The fourth-order valence-corrected chi connectivity index (χ4v) is 4.30. The third-order valence-corrected chi connectivity index (χ3v) is 5.22. The number of hydrogen-bond acceptors (Lipinski definition) is 3. The highest BCUT2D eigenvalue weighted by Gasteiger charge is 2.24. The van der Waals surface area contributed by atoms with Crippen LogP contribution in [0.15, 0.2) is 34.1 Å². The summed E-state index contributed by atoms with van der Waals surface area (Å²) < 4.78 is 1.06. The van der Waals surface area contributed by atoms with Gasteiger partial charge < -0.3 is 5.73 Å². The summed E-state index contributed by atoms with van der Waals surface area (Å²) in [5.41, 5.74) is 9.51. The first-order valence-electron chi connectivity index (χ1n) is 6.49. The molecule has 0 bridgehead atoms. The van der Waals surface area contributed by atoms with Crippen molar-refractivity contribution in [3.8, 4) is 0 Å². The minimum absolute atomic E-state index is 0.496. The van der Waals surface area contributed by atoms with E-state index < -0.39 is 0 Å². The van der Waals surface area contributed by atoms with Gasteiger partial charge in [0.2, 0.25) is 0 Å². The molecule has 1 aromatic carbocycles. The van der Waals surface area contributed by atoms with Crippen LogP contribution in [0.5, 0.6) is 0 Å². The molecule has 2 heterocycles. The highest BCUT2D eigenvalue weighted by atomic mass is 79.9. The average Bonchev–Trinajstić information content (AvgIpc) is 2.80. The van der Waals surface area contributed by atoms with Crippen LogP contribution in [-0.2, 0) is 13.0 Å². The molecule has 0 radical (unpaired) electrons. The molecule has 1 aliphatic rings. The van der Waals surface area contributed by atoms with Crippen LogP contribution in [0.3, 0.4) is 0 Å². The molecule has 2 aromatic rings. The lowest BCUT2D eigenvalue weighted by Crippen LogP contribution is -2.32. The number of thiophene rings is 1. The van der Waals surface area contributed by atoms with E-state index in [0.29, 0.717) is 6.04 Å². The first kappa shape index (κ1) is 13.2. The molecule has 0 amide bonds. The van der Waals surface area contributed by atoms with Gasteiger partial charge in [-0.25, -0.2) is 0 Å². The van der Waals surface area contributed by atoms with E-state index >= 15 is 0 Å². The van der Waals surface area contributed by atoms with E-state index in [1.165, 1.54) is 17.5 Å². The molecule has 19 heavy (non-hydrogen) atoms. The standard InChI is InChI=1S/C15H17BrN2S/c1-10-14-3-5-19-15(14)2-4-18(10)9-11-6-12(16)8-13(17)7-11/h3,5-8,10H,2,4,9,17H2,1H3. The summed E-state index contributed by atoms with van der Waals surface area (Å²) in [5, 5.41) is 2.21. The Hall–Kier alpha value is -0.840. The number of nitrogens with zero attached hydrogens (tertiary/aromatic N) is 1. The lowest BCUT2D eigenvalue weighted by atomic mass is 10.0. The van der Waals surface area contributed by atoms with Gasteiger partial charge >= 0.3 is 0 Å². The Bertz CT molecular complexity index is 573. The topological polar surface area (TPSA) is 29.3 Å². The maximum Gasteiger partial charge on any atom is 0.0334 e. The van der Waals surface area contributed by atoms with Crippen molar-refractivity contribution in [1.29, 1.82) is 0 Å². The molecule has 0 fully saturated rings. The fraction of sp³-hybridized carbons (Fsp3) is 0.333. The molecule has 0 aliphatic carbocycles. The first-order chi connectivity index (χ1) is 9.13. The second-order valence-corrected chi connectivity index (χ2v) is 7.00. The first-order valence-corrected chi connectivity index (χ1v) is 8.16. The van der Waals surface area contributed by atoms with Crippen LogP contribution in [0.4, 0.5) is 5.69 Å². The zero-order chi connectivity index (χ0) is 13.4. The zero-order valence-corrected chi connectivity index (χ0v) is 13.3. The number of hydrogen-bond donors (Lipinski definition) is 1. The van der Waals surface area contributed by atoms with Crippen molar-refractivity contribution >= 4 is 33.0 Å². The molecular weight excluding hydrogens is 320 g/mol. The summed E-state index contributed by atoms with van der Waals surface area (Å²) in [4.78, 5) is 4.08. The normalized spacial score (nSPS) is 19.4. The number of nitrogen functional groups attached to an aromatic ring is 1. The van der Waals surface area contributed by atoms with Crippen molar-refractivity contribution in [1.82, 2.24) is 4.90 Å². The Morgan fingerprint density at radius 1 is 1.42 bits per heavy atom. The van der Waals surface area contributed by atoms with Gasteiger partial charge in [0.05, 0.1) is 0 Å². The van der Waals surface area contributed by atoms with Crippen LogP contribution in [-0.4, -0.2) is 11.4 Å². The molecule has 2 N–H and O–H groups in total. The summed E-state index contributed by atoms with van der Waals surface area (Å²) in [7, 11) is 0. The van der Waals surface area contributed by atoms with Crippen LogP contribution in [0.2, 0.25) is 0 Å². The van der Waals surface area contributed by atoms with Gasteiger partial charge in [-0.05, 0) is 54.1 Å². The van der Waals surface area contributed by atoms with Crippen LogP contribution >= 0.6 is 27.3 Å². The highest BCUT2D eigenvalue weighted by Crippen LogP contribution is 2.34. The van der Waals surface area contributed by atoms with Crippen LogP contribution < -0.4 is 5.73 Å². The molecule has 3 rings (SSSR count). The third-order valence-electron chi connectivity index (χ3n) is 3.77. The summed E-state index contributed by atoms with van der Waals surface area (Å²) in [5.74, 6) is 0. The highest BCUT2D eigenvalue weighted by molar-refractivity contribution is 9.10. The number of benzene rings is 1. The number of anilines is 1. The molecular formula is C15H17BrN2S. The maximum absolute atomic E-state index is 5.91. The van der Waals surface area contributed by atoms with Gasteiger partial charge in [0, 0.05) is 34.2 Å². The van der Waals surface area contributed by atoms with Gasteiger partial charge in [0.15, 0.2) is 0 Å². The van der Waals surface area contributed by atoms with Gasteiger partial charge in [-0.3, -0.25) is 4.90 Å². The molecule has 1 aliphatic heterocycles. The Morgan fingerprint density at radius 3 is 3.05 bits per heavy atom. The van der Waals surface area contributed by atoms with Crippen LogP contribution in [0.25, 0.3) is 0 Å². The second kappa shape index (κ2) is 5.27. The number of rotatable bonds is 2. The van der Waals surface area contributed by atoms with Gasteiger partial charge in [0.25, 0.3) is 0 Å². The SMILES string of the molecule is CC1c2ccsc2CCN1Cc1cc(N)cc(Br)c1. The summed E-state index contributed by atoms with van der Waals surface area (Å²) in [6.07, 6.45) is 1.17. The zero-order valence-electron chi connectivity index (χ0n) is 10.9. The summed E-state index contributed by atoms with van der Waals surface area (Å²) in [6.45, 7) is 4.38. The predicted octanol–water partition coefficient (Wildman–Crippen LogP) is 4.21. The molecule has 1 aromatic heterocycles. The molecule has 100 valence electrons. The van der Waals surface area contributed by atoms with Crippen molar-refractivity contribution in [2.24, 2.45) is 0 Å². The quantitative estimate of drug-likeness (QED) is 0.832. The number of nitrogens with two attached hydrogens (primary N) is 1. The van der Waals surface area contributed by atoms with Gasteiger partial charge in [0.1, 0.15) is 0 Å². The number of fused-ring (bicyclic) bond motifs is 1.